The van der Waals surface area contributed by atoms with Gasteiger partial charge in [0.2, 0.25) is 5.88 Å². The summed E-state index contributed by atoms with van der Waals surface area (Å²) in [7, 11) is 0. The second kappa shape index (κ2) is 11.8. The lowest BCUT2D eigenvalue weighted by atomic mass is 10.1. The van der Waals surface area contributed by atoms with Crippen LogP contribution in [0, 0.1) is 5.92 Å². The van der Waals surface area contributed by atoms with Crippen LogP contribution in [-0.4, -0.2) is 112 Å². The van der Waals surface area contributed by atoms with Crippen molar-refractivity contribution in [3.05, 3.63) is 18.6 Å². The van der Waals surface area contributed by atoms with Crippen molar-refractivity contribution in [1.82, 2.24) is 25.5 Å². The Balaban J connectivity index is 1.24. The van der Waals surface area contributed by atoms with Gasteiger partial charge < -0.3 is 43.3 Å². The maximum absolute atomic E-state index is 15.6. The molecule has 13 atom stereocenters. The highest BCUT2D eigenvalue weighted by Gasteiger charge is 2.56. The normalized spacial score (nSPS) is 47.5. The second-order valence-electron chi connectivity index (χ2n) is 10.1. The van der Waals surface area contributed by atoms with E-state index in [0.29, 0.717) is 0 Å². The van der Waals surface area contributed by atoms with Gasteiger partial charge in [-0.25, -0.2) is 18.9 Å². The first-order chi connectivity index (χ1) is 19.9. The minimum absolute atomic E-state index is 0.000656. The number of rotatable bonds is 3. The van der Waals surface area contributed by atoms with E-state index in [1.54, 1.807) is 0 Å². The number of ether oxygens (including phenoxy) is 2. The van der Waals surface area contributed by atoms with Crippen LogP contribution in [-0.2, 0) is 44.0 Å². The number of nitrogens with one attached hydrogen (secondary N) is 2. The highest BCUT2D eigenvalue weighted by molar-refractivity contribution is 8.44. The number of nitrogens with zero attached hydrogens (tertiary/aromatic N) is 4. The maximum Gasteiger partial charge on any atom is 0.386 e. The standard InChI is InChI=1S/C20H28FN7O10P2S2/c21-12-9(35-11-1-2-23-6-24-11)3-8-4-33-39(31,41)38-16-14(29)10(5-34-40(32,42)37-15(8)12)36-19(16)28-7-25-13-17(28)26-20(22)27-18(13)30/h1-2,6-10,12-17,19-20,26,29H,3-5,22H2,(H,27,30)(H,31,41)(H,32,42)/t8-,9-,10-,12+,13?,14-,15-,16-,17?,19-,20?,39?,40?/m1/s1. The molecule has 0 spiro atoms. The number of aliphatic hydroxyl groups is 1. The zero-order valence-corrected chi connectivity index (χ0v) is 24.9. The largest absolute Gasteiger partial charge is 0.471 e. The van der Waals surface area contributed by atoms with Gasteiger partial charge in [0.1, 0.15) is 49.3 Å². The number of aliphatic imine (C=N–C) groups is 1. The molecule has 4 aliphatic heterocycles. The molecule has 5 heterocycles. The van der Waals surface area contributed by atoms with Crippen molar-refractivity contribution in [2.45, 2.75) is 67.8 Å². The second-order valence-corrected chi connectivity index (χ2v) is 15.8. The predicted molar refractivity (Wildman–Crippen MR) is 146 cm³/mol. The fourth-order valence-corrected chi connectivity index (χ4v) is 8.41. The van der Waals surface area contributed by atoms with Crippen molar-refractivity contribution < 1.29 is 51.3 Å². The van der Waals surface area contributed by atoms with Crippen LogP contribution in [0.4, 0.5) is 4.39 Å². The molecule has 5 aliphatic rings. The molecule has 1 aromatic heterocycles. The summed E-state index contributed by atoms with van der Waals surface area (Å²) in [5.41, 5.74) is 5.86. The molecule has 22 heteroatoms. The van der Waals surface area contributed by atoms with Gasteiger partial charge in [0.25, 0.3) is 5.91 Å². The number of carbonyl (C=O) groups excluding carboxylic acids is 1. The van der Waals surface area contributed by atoms with E-state index in [1.165, 1.54) is 29.8 Å². The zero-order valence-electron chi connectivity index (χ0n) is 21.4. The van der Waals surface area contributed by atoms with E-state index < -0.39 is 100.0 Å². The van der Waals surface area contributed by atoms with Crippen molar-refractivity contribution in [2.75, 3.05) is 13.2 Å². The molecule has 1 amide bonds. The molecule has 2 bridgehead atoms. The van der Waals surface area contributed by atoms with Gasteiger partial charge in [0.15, 0.2) is 18.4 Å². The predicted octanol–water partition coefficient (Wildman–Crippen LogP) is -1.26. The summed E-state index contributed by atoms with van der Waals surface area (Å²) in [6, 6.07) is 0.551. The monoisotopic (exact) mass is 671 g/mol. The van der Waals surface area contributed by atoms with Gasteiger partial charge in [-0.1, -0.05) is 12.2 Å². The maximum atomic E-state index is 15.6. The Morgan fingerprint density at radius 2 is 2.10 bits per heavy atom. The number of alkyl halides is 1. The van der Waals surface area contributed by atoms with Crippen LogP contribution in [0.2, 0.25) is 0 Å². The number of amides is 1. The Morgan fingerprint density at radius 1 is 1.29 bits per heavy atom. The summed E-state index contributed by atoms with van der Waals surface area (Å²) in [6.07, 6.45) is -7.28. The summed E-state index contributed by atoms with van der Waals surface area (Å²) in [5.74, 6) is -1.16. The molecule has 0 radical (unpaired) electrons. The number of hydrogen-bond acceptors (Lipinski definition) is 16. The van der Waals surface area contributed by atoms with Crippen LogP contribution < -0.4 is 21.1 Å². The van der Waals surface area contributed by atoms with Crippen LogP contribution in [0.15, 0.2) is 23.6 Å². The summed E-state index contributed by atoms with van der Waals surface area (Å²) in [5, 5.41) is 16.6. The molecule has 232 valence electrons. The van der Waals surface area contributed by atoms with Crippen molar-refractivity contribution in [3.63, 3.8) is 0 Å². The fraction of sp³-hybridized carbons (Fsp3) is 0.700. The third-order valence-corrected chi connectivity index (χ3v) is 10.5. The van der Waals surface area contributed by atoms with Gasteiger partial charge in [0.05, 0.1) is 19.6 Å². The lowest BCUT2D eigenvalue weighted by Crippen LogP contribution is -2.70. The Hall–Kier alpha value is -1.38. The van der Waals surface area contributed by atoms with Crippen LogP contribution in [0.25, 0.3) is 0 Å². The van der Waals surface area contributed by atoms with Gasteiger partial charge in [-0.3, -0.25) is 25.4 Å². The summed E-state index contributed by atoms with van der Waals surface area (Å²) in [4.78, 5) is 36.6. The van der Waals surface area contributed by atoms with Crippen molar-refractivity contribution >= 4 is 49.8 Å². The fourth-order valence-electron chi connectivity index (χ4n) is 5.43. The molecule has 6 N–H and O–H groups in total. The molecule has 42 heavy (non-hydrogen) atoms. The van der Waals surface area contributed by atoms with Gasteiger partial charge >= 0.3 is 13.5 Å². The average molecular weight is 672 g/mol. The lowest BCUT2D eigenvalue weighted by Gasteiger charge is -2.39. The zero-order chi connectivity index (χ0) is 29.8. The van der Waals surface area contributed by atoms with Crippen molar-refractivity contribution in [1.29, 1.82) is 0 Å². The number of halogens is 1. The number of fused-ring (bicyclic) bond motifs is 4. The van der Waals surface area contributed by atoms with Crippen LogP contribution >= 0.6 is 25.8 Å². The molecule has 17 nitrogen and oxygen atoms in total. The summed E-state index contributed by atoms with van der Waals surface area (Å²) in [6.45, 7) is -9.31. The van der Waals surface area contributed by atoms with Crippen LogP contribution in [0.3, 0.4) is 0 Å². The quantitative estimate of drug-likeness (QED) is 0.163. The molecular weight excluding hydrogens is 643 g/mol. The van der Waals surface area contributed by atoms with Crippen LogP contribution in [0.1, 0.15) is 6.42 Å². The molecule has 3 saturated heterocycles. The number of nitrogens with two attached hydrogens (primary N) is 1. The summed E-state index contributed by atoms with van der Waals surface area (Å²) < 4.78 is 62.9. The number of hydrogen-bond donors (Lipinski definition) is 6. The van der Waals surface area contributed by atoms with E-state index >= 15 is 4.39 Å². The first-order valence-electron chi connectivity index (χ1n) is 12.8. The molecule has 5 unspecified atom stereocenters. The van der Waals surface area contributed by atoms with Crippen molar-refractivity contribution in [3.8, 4) is 5.88 Å². The van der Waals surface area contributed by atoms with E-state index in [1.807, 2.05) is 0 Å². The molecular formula is C20H28FN7O10P2S2. The topological polar surface area (TPSA) is 221 Å². The molecule has 1 aliphatic carbocycles. The Bertz CT molecular complexity index is 1310. The van der Waals surface area contributed by atoms with Gasteiger partial charge in [-0.05, 0) is 18.2 Å². The smallest absolute Gasteiger partial charge is 0.386 e. The third-order valence-electron chi connectivity index (χ3n) is 7.36. The van der Waals surface area contributed by atoms with E-state index in [0.717, 1.165) is 0 Å². The van der Waals surface area contributed by atoms with Gasteiger partial charge in [-0.15, -0.1) is 0 Å². The van der Waals surface area contributed by atoms with Crippen molar-refractivity contribution in [2.24, 2.45) is 16.6 Å². The molecule has 0 aromatic carbocycles. The summed E-state index contributed by atoms with van der Waals surface area (Å²) >= 11 is 9.24. The number of aromatic nitrogens is 2. The number of thiol groups is 1. The first kappa shape index (κ1) is 30.6. The van der Waals surface area contributed by atoms with E-state index in [4.69, 9.17) is 45.1 Å². The SMILES string of the molecule is NC1NC(=O)C2N=CN([C@@H]3O[C@@H]4COP(O)(=S)O[C@@H]5[C@@H](COP(=O)(S)O[C@@H]3[C@@H]4O)C[C@@H](Oc3ccncn3)[C@@H]5F)C2N1. The van der Waals surface area contributed by atoms with Gasteiger partial charge in [0, 0.05) is 18.2 Å². The molecule has 1 aromatic rings. The lowest BCUT2D eigenvalue weighted by molar-refractivity contribution is -0.130. The first-order valence-corrected chi connectivity index (χ1v) is 18.0. The van der Waals surface area contributed by atoms with E-state index in [2.05, 4.69) is 37.8 Å². The Morgan fingerprint density at radius 3 is 2.86 bits per heavy atom. The van der Waals surface area contributed by atoms with E-state index in [9.17, 15) is 19.4 Å². The molecule has 4 fully saturated rings. The number of aliphatic hydroxyl groups excluding tert-OH is 1. The highest BCUT2D eigenvalue weighted by Crippen LogP contribution is 2.58. The third kappa shape index (κ3) is 6.24. The molecule has 6 rings (SSSR count). The minimum Gasteiger partial charge on any atom is -0.471 e. The highest BCUT2D eigenvalue weighted by atomic mass is 32.7. The Kier molecular flexibility index (Phi) is 8.64. The van der Waals surface area contributed by atoms with E-state index in [-0.39, 0.29) is 12.3 Å². The van der Waals surface area contributed by atoms with Gasteiger partial charge in [-0.2, -0.15) is 0 Å². The average Bonchev–Trinajstić information content (AvgIpc) is 3.57. The van der Waals surface area contributed by atoms with Crippen LogP contribution in [0.5, 0.6) is 5.88 Å². The molecule has 1 saturated carbocycles. The minimum atomic E-state index is -4.26. The number of carbonyl (C=O) groups is 1. The Labute approximate surface area is 248 Å².